The standard InChI is InChI=1S/C17H26BClN2O2/c1-16(2)17(3,4)23-18(22-16)14-12-13(6-7-15(14)19)21-10-8-20(5)9-11-21/h6-7,12H,8-11H2,1-5H3/i5D3,8D2,9D2,10D2,11D2. The number of hydrogen-bond acceptors (Lipinski definition) is 4. The number of hydrogen-bond donors (Lipinski definition) is 0. The van der Waals surface area contributed by atoms with Crippen molar-refractivity contribution in [3.63, 3.8) is 0 Å². The van der Waals surface area contributed by atoms with Crippen LogP contribution < -0.4 is 10.4 Å². The molecule has 0 N–H and O–H groups in total. The number of halogens is 1. The highest BCUT2D eigenvalue weighted by atomic mass is 35.5. The summed E-state index contributed by atoms with van der Waals surface area (Å²) in [6.07, 6.45) is 0. The monoisotopic (exact) mass is 347 g/mol. The Morgan fingerprint density at radius 2 is 1.74 bits per heavy atom. The number of nitrogens with zero attached hydrogens (tertiary/aromatic N) is 2. The summed E-state index contributed by atoms with van der Waals surface area (Å²) in [4.78, 5) is -0.0954. The molecule has 2 fully saturated rings. The molecule has 0 aromatic heterocycles. The summed E-state index contributed by atoms with van der Waals surface area (Å²) >= 11 is 6.34. The van der Waals surface area contributed by atoms with E-state index in [1.165, 1.54) is 18.2 Å². The smallest absolute Gasteiger partial charge is 0.399 e. The number of piperazine rings is 1. The van der Waals surface area contributed by atoms with Gasteiger partial charge in [-0.1, -0.05) is 11.6 Å². The Bertz CT molecular complexity index is 943. The summed E-state index contributed by atoms with van der Waals surface area (Å²) in [7, 11) is -1.02. The molecule has 2 aliphatic heterocycles. The molecule has 2 aliphatic rings. The summed E-state index contributed by atoms with van der Waals surface area (Å²) in [5, 5.41) is 0.149. The zero-order valence-electron chi connectivity index (χ0n) is 24.4. The SMILES string of the molecule is [2H]C([2H])([2H])N1C([2H])([2H])C([2H])([2H])N(c2ccc(Cl)c(B3OC(C)(C)C(C)(C)O3)c2)C([2H])([2H])C1([2H])[2H]. The predicted molar refractivity (Wildman–Crippen MR) is 96.9 cm³/mol. The molecule has 0 bridgehead atoms. The second-order valence-electron chi connectivity index (χ2n) is 6.41. The highest BCUT2D eigenvalue weighted by Gasteiger charge is 2.52. The lowest BCUT2D eigenvalue weighted by atomic mass is 9.78. The fourth-order valence-electron chi connectivity index (χ4n) is 2.21. The first-order chi connectivity index (χ1) is 14.9. The van der Waals surface area contributed by atoms with Gasteiger partial charge in [-0.2, -0.15) is 0 Å². The Hall–Kier alpha value is -0.745. The van der Waals surface area contributed by atoms with Gasteiger partial charge in [0.2, 0.25) is 0 Å². The Kier molecular flexibility index (Phi) is 2.10. The molecule has 0 amide bonds. The third-order valence-corrected chi connectivity index (χ3v) is 4.64. The Labute approximate surface area is 160 Å². The molecule has 2 heterocycles. The topological polar surface area (TPSA) is 24.9 Å². The summed E-state index contributed by atoms with van der Waals surface area (Å²) in [5.41, 5.74) is -1.58. The third-order valence-electron chi connectivity index (χ3n) is 4.29. The van der Waals surface area contributed by atoms with E-state index in [-0.39, 0.29) is 26.0 Å². The molecular formula is C17H26BClN2O2. The van der Waals surface area contributed by atoms with Crippen molar-refractivity contribution >= 4 is 29.9 Å². The van der Waals surface area contributed by atoms with Gasteiger partial charge >= 0.3 is 7.12 Å². The van der Waals surface area contributed by atoms with Gasteiger partial charge in [0.05, 0.1) is 16.7 Å². The fraction of sp³-hybridized carbons (Fsp3) is 0.647. The van der Waals surface area contributed by atoms with Gasteiger partial charge in [0.15, 0.2) is 0 Å². The van der Waals surface area contributed by atoms with Crippen LogP contribution in [0.1, 0.15) is 42.8 Å². The average Bonchev–Trinajstić information content (AvgIpc) is 2.80. The number of anilines is 1. The van der Waals surface area contributed by atoms with Gasteiger partial charge in [0, 0.05) is 51.8 Å². The lowest BCUT2D eigenvalue weighted by molar-refractivity contribution is 0.00578. The van der Waals surface area contributed by atoms with Gasteiger partial charge in [0.25, 0.3) is 0 Å². The van der Waals surface area contributed by atoms with Crippen LogP contribution in [-0.2, 0) is 9.31 Å². The van der Waals surface area contributed by atoms with Crippen molar-refractivity contribution in [2.24, 2.45) is 0 Å². The predicted octanol–water partition coefficient (Wildman–Crippen LogP) is 2.39. The minimum Gasteiger partial charge on any atom is -0.399 e. The van der Waals surface area contributed by atoms with E-state index in [9.17, 15) is 0 Å². The molecular weight excluding hydrogens is 310 g/mol. The first kappa shape index (κ1) is 8.09. The third kappa shape index (κ3) is 3.25. The zero-order valence-corrected chi connectivity index (χ0v) is 14.2. The second-order valence-corrected chi connectivity index (χ2v) is 6.82. The van der Waals surface area contributed by atoms with Gasteiger partial charge in [-0.05, 0) is 52.9 Å². The maximum absolute atomic E-state index is 8.45. The van der Waals surface area contributed by atoms with Gasteiger partial charge in [-0.3, -0.25) is 0 Å². The van der Waals surface area contributed by atoms with E-state index in [1.54, 1.807) is 27.7 Å². The Morgan fingerprint density at radius 3 is 2.30 bits per heavy atom. The van der Waals surface area contributed by atoms with Crippen LogP contribution in [0.15, 0.2) is 18.2 Å². The van der Waals surface area contributed by atoms with Crippen molar-refractivity contribution in [2.75, 3.05) is 37.9 Å². The molecule has 1 aromatic rings. The largest absolute Gasteiger partial charge is 0.496 e. The Balaban J connectivity index is 2.19. The molecule has 0 radical (unpaired) electrons. The molecule has 1 aromatic carbocycles. The lowest BCUT2D eigenvalue weighted by Crippen LogP contribution is -2.45. The highest BCUT2D eigenvalue weighted by molar-refractivity contribution is 6.65. The van der Waals surface area contributed by atoms with Crippen LogP contribution in [0.2, 0.25) is 5.02 Å². The van der Waals surface area contributed by atoms with Crippen molar-refractivity contribution in [3.05, 3.63) is 23.2 Å². The molecule has 0 atom stereocenters. The van der Waals surface area contributed by atoms with Crippen LogP contribution in [-0.4, -0.2) is 56.2 Å². The van der Waals surface area contributed by atoms with E-state index in [2.05, 4.69) is 0 Å². The number of benzene rings is 1. The van der Waals surface area contributed by atoms with Gasteiger partial charge in [0.1, 0.15) is 0 Å². The van der Waals surface area contributed by atoms with Crippen LogP contribution in [0.5, 0.6) is 0 Å². The molecule has 0 saturated carbocycles. The Morgan fingerprint density at radius 1 is 1.13 bits per heavy atom. The molecule has 3 rings (SSSR count). The highest BCUT2D eigenvalue weighted by Crippen LogP contribution is 2.37. The van der Waals surface area contributed by atoms with E-state index < -0.39 is 51.3 Å². The van der Waals surface area contributed by atoms with Crippen LogP contribution in [0, 0.1) is 0 Å². The normalized spacial score (nSPS) is 40.7. The quantitative estimate of drug-likeness (QED) is 0.767. The molecule has 126 valence electrons. The zero-order chi connectivity index (χ0) is 26.5. The van der Waals surface area contributed by atoms with E-state index in [4.69, 9.17) is 36.0 Å². The molecule has 6 heteroatoms. The van der Waals surface area contributed by atoms with Crippen molar-refractivity contribution < 1.29 is 24.4 Å². The van der Waals surface area contributed by atoms with Gasteiger partial charge in [-0.15, -0.1) is 0 Å². The second kappa shape index (κ2) is 5.96. The van der Waals surface area contributed by atoms with E-state index >= 15 is 0 Å². The van der Waals surface area contributed by atoms with E-state index in [1.807, 2.05) is 0 Å². The van der Waals surface area contributed by atoms with Crippen LogP contribution in [0.4, 0.5) is 5.69 Å². The van der Waals surface area contributed by atoms with E-state index in [0.29, 0.717) is 0 Å². The lowest BCUT2D eigenvalue weighted by Gasteiger charge is -2.34. The molecule has 2 saturated heterocycles. The summed E-state index contributed by atoms with van der Waals surface area (Å²) in [6, 6.07) is 3.74. The van der Waals surface area contributed by atoms with Gasteiger partial charge < -0.3 is 19.1 Å². The molecule has 4 nitrogen and oxygen atoms in total. The minimum atomic E-state index is -3.48. The van der Waals surface area contributed by atoms with Crippen molar-refractivity contribution in [2.45, 2.75) is 38.9 Å². The maximum Gasteiger partial charge on any atom is 0.496 e. The fourth-order valence-corrected chi connectivity index (χ4v) is 2.41. The molecule has 0 aliphatic carbocycles. The molecule has 23 heavy (non-hydrogen) atoms. The first-order valence-corrected chi connectivity index (χ1v) is 7.56. The van der Waals surface area contributed by atoms with Crippen LogP contribution >= 0.6 is 11.6 Å². The summed E-state index contributed by atoms with van der Waals surface area (Å²) in [6.45, 7) is -9.88. The summed E-state index contributed by atoms with van der Waals surface area (Å²) in [5.74, 6) is 0. The molecule has 0 spiro atoms. The van der Waals surface area contributed by atoms with Crippen LogP contribution in [0.25, 0.3) is 0 Å². The number of likely N-dealkylation sites (N-methyl/N-ethyl adjacent to an activating group) is 1. The minimum absolute atomic E-state index is 0.149. The van der Waals surface area contributed by atoms with Crippen molar-refractivity contribution in [1.82, 2.24) is 4.90 Å². The van der Waals surface area contributed by atoms with Gasteiger partial charge in [-0.25, -0.2) is 0 Å². The maximum atomic E-state index is 8.45. The van der Waals surface area contributed by atoms with Crippen molar-refractivity contribution in [3.8, 4) is 0 Å². The summed E-state index contributed by atoms with van der Waals surface area (Å²) < 4.78 is 102. The number of rotatable bonds is 2. The van der Waals surface area contributed by atoms with Crippen molar-refractivity contribution in [1.29, 1.82) is 0 Å². The van der Waals surface area contributed by atoms with Crippen LogP contribution in [0.3, 0.4) is 0 Å². The first-order valence-electron chi connectivity index (χ1n) is 12.7. The average molecular weight is 348 g/mol. The van der Waals surface area contributed by atoms with E-state index in [0.717, 1.165) is 0 Å². The molecule has 0 unspecified atom stereocenters.